The molecule has 1 fully saturated rings. The van der Waals surface area contributed by atoms with Crippen molar-refractivity contribution in [2.75, 3.05) is 18.0 Å². The van der Waals surface area contributed by atoms with Gasteiger partial charge in [-0.3, -0.25) is 4.79 Å². The number of amides is 1. The zero-order chi connectivity index (χ0) is 20.2. The summed E-state index contributed by atoms with van der Waals surface area (Å²) < 4.78 is 47.3. The molecular formula is C20H16FN3O4S. The molecule has 2 aromatic carbocycles. The van der Waals surface area contributed by atoms with Crippen LogP contribution in [-0.2, 0) is 10.0 Å². The zero-order valence-electron chi connectivity index (χ0n) is 15.1. The number of halogens is 1. The van der Waals surface area contributed by atoms with E-state index in [4.69, 9.17) is 4.42 Å². The molecule has 7 nitrogen and oxygen atoms in total. The molecular weight excluding hydrogens is 397 g/mol. The molecule has 3 heterocycles. The first-order valence-corrected chi connectivity index (χ1v) is 10.5. The monoisotopic (exact) mass is 413 g/mol. The third-order valence-electron chi connectivity index (χ3n) is 5.08. The highest BCUT2D eigenvalue weighted by molar-refractivity contribution is 7.90. The van der Waals surface area contributed by atoms with Crippen molar-refractivity contribution < 1.29 is 22.0 Å². The Morgan fingerprint density at radius 3 is 2.69 bits per heavy atom. The topological polar surface area (TPSA) is 95.4 Å². The lowest BCUT2D eigenvalue weighted by Crippen LogP contribution is -2.36. The summed E-state index contributed by atoms with van der Waals surface area (Å²) in [5.74, 6) is -1.76. The van der Waals surface area contributed by atoms with Gasteiger partial charge in [0.25, 0.3) is 10.0 Å². The fourth-order valence-electron chi connectivity index (χ4n) is 3.45. The number of carbonyl (C=O) groups excluding carboxylic acids is 1. The number of aromatic amines is 1. The van der Waals surface area contributed by atoms with E-state index in [2.05, 4.69) is 4.98 Å². The predicted molar refractivity (Wildman–Crippen MR) is 106 cm³/mol. The standard InChI is InChI=1S/C20H16FN3O4S/c21-15-8-12(24-6-3-7-24)9-17-14(15)10-18(28-17)20(25)23-29(26,27)19-11-22-16-5-2-1-4-13(16)19/h1-2,4-5,8-11,22H,3,6-7H2,(H,23,25). The molecule has 1 aliphatic heterocycles. The van der Waals surface area contributed by atoms with E-state index in [0.29, 0.717) is 16.6 Å². The molecule has 0 bridgehead atoms. The average molecular weight is 413 g/mol. The second-order valence-corrected chi connectivity index (χ2v) is 8.57. The van der Waals surface area contributed by atoms with Crippen LogP contribution in [0.3, 0.4) is 0 Å². The van der Waals surface area contributed by atoms with Gasteiger partial charge >= 0.3 is 5.91 Å². The SMILES string of the molecule is O=C(NS(=O)(=O)c1c[nH]c2ccccc12)c1cc2c(F)cc(N3CCC3)cc2o1. The van der Waals surface area contributed by atoms with E-state index >= 15 is 0 Å². The minimum absolute atomic E-state index is 0.0520. The fraction of sp³-hybridized carbons (Fsp3) is 0.150. The van der Waals surface area contributed by atoms with Crippen LogP contribution in [0.25, 0.3) is 21.9 Å². The lowest BCUT2D eigenvalue weighted by atomic mass is 10.1. The number of carbonyl (C=O) groups is 1. The molecule has 0 atom stereocenters. The first-order valence-electron chi connectivity index (χ1n) is 9.04. The Morgan fingerprint density at radius 1 is 1.14 bits per heavy atom. The van der Waals surface area contributed by atoms with Crippen molar-refractivity contribution in [3.63, 3.8) is 0 Å². The molecule has 0 aliphatic carbocycles. The van der Waals surface area contributed by atoms with E-state index in [-0.39, 0.29) is 21.6 Å². The number of fused-ring (bicyclic) bond motifs is 2. The lowest BCUT2D eigenvalue weighted by molar-refractivity contribution is 0.0956. The molecule has 0 unspecified atom stereocenters. The van der Waals surface area contributed by atoms with Crippen molar-refractivity contribution in [3.8, 4) is 0 Å². The van der Waals surface area contributed by atoms with Crippen molar-refractivity contribution in [3.05, 3.63) is 60.2 Å². The lowest BCUT2D eigenvalue weighted by Gasteiger charge is -2.33. The van der Waals surface area contributed by atoms with E-state index in [1.54, 1.807) is 30.3 Å². The van der Waals surface area contributed by atoms with Crippen LogP contribution in [0.15, 0.2) is 58.0 Å². The predicted octanol–water partition coefficient (Wildman–Crippen LogP) is 3.38. The number of sulfonamides is 1. The highest BCUT2D eigenvalue weighted by atomic mass is 32.2. The number of benzene rings is 2. The highest BCUT2D eigenvalue weighted by Gasteiger charge is 2.25. The Balaban J connectivity index is 1.47. The summed E-state index contributed by atoms with van der Waals surface area (Å²) in [6.07, 6.45) is 2.36. The van der Waals surface area contributed by atoms with Gasteiger partial charge in [0.15, 0.2) is 5.76 Å². The Bertz CT molecular complexity index is 1370. The van der Waals surface area contributed by atoms with Crippen molar-refractivity contribution in [1.29, 1.82) is 0 Å². The summed E-state index contributed by atoms with van der Waals surface area (Å²) in [6, 6.07) is 11.1. The molecule has 5 rings (SSSR count). The van der Waals surface area contributed by atoms with Gasteiger partial charge < -0.3 is 14.3 Å². The number of H-pyrrole nitrogens is 1. The number of rotatable bonds is 4. The summed E-state index contributed by atoms with van der Waals surface area (Å²) in [6.45, 7) is 1.67. The average Bonchev–Trinajstić information content (AvgIpc) is 3.24. The number of hydrogen-bond donors (Lipinski definition) is 2. The number of aromatic nitrogens is 1. The van der Waals surface area contributed by atoms with E-state index in [9.17, 15) is 17.6 Å². The first kappa shape index (κ1) is 17.7. The Labute approximate surface area is 165 Å². The van der Waals surface area contributed by atoms with Gasteiger partial charge in [-0.25, -0.2) is 17.5 Å². The van der Waals surface area contributed by atoms with E-state index < -0.39 is 21.7 Å². The number of furan rings is 1. The van der Waals surface area contributed by atoms with Crippen LogP contribution in [-0.4, -0.2) is 32.4 Å². The van der Waals surface area contributed by atoms with Crippen LogP contribution in [0, 0.1) is 5.82 Å². The Kier molecular flexibility index (Phi) is 3.88. The Morgan fingerprint density at radius 2 is 1.93 bits per heavy atom. The van der Waals surface area contributed by atoms with Gasteiger partial charge in [0.05, 0.1) is 5.39 Å². The molecule has 0 saturated carbocycles. The molecule has 2 N–H and O–H groups in total. The van der Waals surface area contributed by atoms with Gasteiger partial charge in [-0.05, 0) is 18.6 Å². The smallest absolute Gasteiger partial charge is 0.300 e. The van der Waals surface area contributed by atoms with Crippen LogP contribution in [0.1, 0.15) is 17.0 Å². The zero-order valence-corrected chi connectivity index (χ0v) is 15.9. The summed E-state index contributed by atoms with van der Waals surface area (Å²) in [4.78, 5) is 17.3. The molecule has 1 amide bonds. The molecule has 0 spiro atoms. The van der Waals surface area contributed by atoms with Crippen LogP contribution in [0.4, 0.5) is 10.1 Å². The van der Waals surface area contributed by atoms with Gasteiger partial charge in [-0.15, -0.1) is 0 Å². The molecule has 148 valence electrons. The van der Waals surface area contributed by atoms with Gasteiger partial charge in [0.2, 0.25) is 0 Å². The quantitative estimate of drug-likeness (QED) is 0.535. The van der Waals surface area contributed by atoms with E-state index in [0.717, 1.165) is 19.5 Å². The largest absolute Gasteiger partial charge is 0.451 e. The summed E-state index contributed by atoms with van der Waals surface area (Å²) >= 11 is 0. The number of nitrogens with one attached hydrogen (secondary N) is 2. The van der Waals surface area contributed by atoms with Crippen molar-refractivity contribution in [1.82, 2.24) is 9.71 Å². The Hall–Kier alpha value is -3.33. The summed E-state index contributed by atoms with van der Waals surface area (Å²) in [7, 11) is -4.15. The van der Waals surface area contributed by atoms with Crippen LogP contribution in [0.2, 0.25) is 0 Å². The number of nitrogens with zero attached hydrogens (tertiary/aromatic N) is 1. The maximum atomic E-state index is 14.4. The fourth-order valence-corrected chi connectivity index (χ4v) is 4.58. The molecule has 4 aromatic rings. The van der Waals surface area contributed by atoms with Crippen LogP contribution >= 0.6 is 0 Å². The molecule has 1 aliphatic rings. The molecule has 9 heteroatoms. The van der Waals surface area contributed by atoms with Gasteiger partial charge in [0.1, 0.15) is 16.3 Å². The van der Waals surface area contributed by atoms with E-state index in [1.165, 1.54) is 18.3 Å². The first-order chi connectivity index (χ1) is 13.9. The van der Waals surface area contributed by atoms with Gasteiger partial charge in [0, 0.05) is 48.0 Å². The highest BCUT2D eigenvalue weighted by Crippen LogP contribution is 2.30. The summed E-state index contributed by atoms with van der Waals surface area (Å²) in [5, 5.41) is 0.589. The van der Waals surface area contributed by atoms with Crippen molar-refractivity contribution >= 4 is 43.5 Å². The molecule has 2 aromatic heterocycles. The molecule has 29 heavy (non-hydrogen) atoms. The summed E-state index contributed by atoms with van der Waals surface area (Å²) in [5.41, 5.74) is 1.50. The van der Waals surface area contributed by atoms with Gasteiger partial charge in [-0.1, -0.05) is 18.2 Å². The van der Waals surface area contributed by atoms with E-state index in [1.807, 2.05) is 9.62 Å². The van der Waals surface area contributed by atoms with Crippen LogP contribution in [0.5, 0.6) is 0 Å². The second kappa shape index (κ2) is 6.35. The minimum Gasteiger partial charge on any atom is -0.451 e. The molecule has 0 radical (unpaired) electrons. The minimum atomic E-state index is -4.15. The maximum absolute atomic E-state index is 14.4. The van der Waals surface area contributed by atoms with Crippen molar-refractivity contribution in [2.24, 2.45) is 0 Å². The number of para-hydroxylation sites is 1. The third-order valence-corrected chi connectivity index (χ3v) is 6.46. The maximum Gasteiger partial charge on any atom is 0.300 e. The van der Waals surface area contributed by atoms with Crippen molar-refractivity contribution in [2.45, 2.75) is 11.3 Å². The second-order valence-electron chi connectivity index (χ2n) is 6.92. The van der Waals surface area contributed by atoms with Crippen LogP contribution < -0.4 is 9.62 Å². The number of hydrogen-bond acceptors (Lipinski definition) is 5. The molecule has 1 saturated heterocycles. The number of anilines is 1. The van der Waals surface area contributed by atoms with Gasteiger partial charge in [-0.2, -0.15) is 0 Å². The normalized spacial score (nSPS) is 14.3. The third kappa shape index (κ3) is 2.94.